The van der Waals surface area contributed by atoms with Gasteiger partial charge in [-0.3, -0.25) is 9.78 Å². The van der Waals surface area contributed by atoms with E-state index in [0.29, 0.717) is 35.0 Å². The summed E-state index contributed by atoms with van der Waals surface area (Å²) in [5.74, 6) is -0.0408. The molecule has 8 nitrogen and oxygen atoms in total. The van der Waals surface area contributed by atoms with E-state index in [1.54, 1.807) is 30.5 Å². The summed E-state index contributed by atoms with van der Waals surface area (Å²) < 4.78 is 1.42. The van der Waals surface area contributed by atoms with Gasteiger partial charge in [0.05, 0.1) is 17.0 Å². The number of aromatic hydroxyl groups is 1. The highest BCUT2D eigenvalue weighted by atomic mass is 16.3. The van der Waals surface area contributed by atoms with E-state index in [9.17, 15) is 14.7 Å². The van der Waals surface area contributed by atoms with Gasteiger partial charge in [0.25, 0.3) is 5.91 Å². The van der Waals surface area contributed by atoms with E-state index in [1.807, 2.05) is 13.0 Å². The molecule has 3 N–H and O–H groups in total. The van der Waals surface area contributed by atoms with Gasteiger partial charge < -0.3 is 15.7 Å². The topological polar surface area (TPSA) is 109 Å². The number of aromatic nitrogens is 3. The van der Waals surface area contributed by atoms with Crippen molar-refractivity contribution < 1.29 is 14.7 Å². The lowest BCUT2D eigenvalue weighted by Gasteiger charge is -2.25. The van der Waals surface area contributed by atoms with Crippen LogP contribution in [0.1, 0.15) is 54.6 Å². The third-order valence-corrected chi connectivity index (χ3v) is 5.43. The minimum absolute atomic E-state index is 0.0252. The van der Waals surface area contributed by atoms with E-state index in [0.717, 1.165) is 31.4 Å². The highest BCUT2D eigenvalue weighted by molar-refractivity contribution is 6.04. The standard InChI is InChI=1S/C23H25N5O3/c1-2-10-25-23(31)28-20(15-5-3-6-15)13-19(27-28)18-9-8-17(12-21(18)29)26-22(30)16-7-4-11-24-14-16/h4,7-9,11-15,29H,2-3,5-6,10H2,1H3,(H,25,31)(H,26,30). The molecule has 1 aromatic carbocycles. The Labute approximate surface area is 180 Å². The summed E-state index contributed by atoms with van der Waals surface area (Å²) in [4.78, 5) is 28.8. The lowest BCUT2D eigenvalue weighted by molar-refractivity contribution is 0.102. The smallest absolute Gasteiger partial charge is 0.342 e. The van der Waals surface area contributed by atoms with Gasteiger partial charge in [-0.2, -0.15) is 9.78 Å². The first-order chi connectivity index (χ1) is 15.1. The quantitative estimate of drug-likeness (QED) is 0.556. The number of amides is 2. The predicted octanol–water partition coefficient (Wildman–Crippen LogP) is 4.14. The third kappa shape index (κ3) is 4.42. The molecular formula is C23H25N5O3. The van der Waals surface area contributed by atoms with Gasteiger partial charge in [-0.25, -0.2) is 4.79 Å². The maximum absolute atomic E-state index is 12.6. The molecule has 0 spiro atoms. The molecule has 0 bridgehead atoms. The molecular weight excluding hydrogens is 394 g/mol. The number of nitrogens with zero attached hydrogens (tertiary/aromatic N) is 3. The van der Waals surface area contributed by atoms with E-state index in [-0.39, 0.29) is 17.7 Å². The lowest BCUT2D eigenvalue weighted by Crippen LogP contribution is -2.32. The van der Waals surface area contributed by atoms with Crippen LogP contribution in [0.25, 0.3) is 11.3 Å². The maximum atomic E-state index is 12.6. The lowest BCUT2D eigenvalue weighted by atomic mass is 9.82. The summed E-state index contributed by atoms with van der Waals surface area (Å²) in [5.41, 5.74) is 2.77. The molecule has 2 heterocycles. The molecule has 2 amide bonds. The Hall–Kier alpha value is -3.68. The third-order valence-electron chi connectivity index (χ3n) is 5.43. The molecule has 1 fully saturated rings. The summed E-state index contributed by atoms with van der Waals surface area (Å²) in [5, 5.41) is 20.7. The molecule has 0 saturated heterocycles. The summed E-state index contributed by atoms with van der Waals surface area (Å²) in [7, 11) is 0. The summed E-state index contributed by atoms with van der Waals surface area (Å²) >= 11 is 0. The van der Waals surface area contributed by atoms with Crippen LogP contribution in [0.5, 0.6) is 5.75 Å². The van der Waals surface area contributed by atoms with Crippen molar-refractivity contribution in [1.82, 2.24) is 20.1 Å². The number of carbonyl (C=O) groups is 2. The van der Waals surface area contributed by atoms with Crippen molar-refractivity contribution >= 4 is 17.6 Å². The van der Waals surface area contributed by atoms with Crippen molar-refractivity contribution in [3.05, 3.63) is 60.0 Å². The number of phenols is 1. The number of anilines is 1. The molecule has 1 aliphatic rings. The average Bonchev–Trinajstić information content (AvgIpc) is 3.16. The van der Waals surface area contributed by atoms with Crippen LogP contribution in [0.15, 0.2) is 48.8 Å². The van der Waals surface area contributed by atoms with E-state index in [2.05, 4.69) is 20.7 Å². The van der Waals surface area contributed by atoms with Gasteiger partial charge in [0.2, 0.25) is 0 Å². The fourth-order valence-electron chi connectivity index (χ4n) is 3.52. The van der Waals surface area contributed by atoms with Gasteiger partial charge >= 0.3 is 6.03 Å². The van der Waals surface area contributed by atoms with Crippen molar-refractivity contribution in [3.63, 3.8) is 0 Å². The largest absolute Gasteiger partial charge is 0.507 e. The Balaban J connectivity index is 1.58. The maximum Gasteiger partial charge on any atom is 0.342 e. The number of phenolic OH excluding ortho intramolecular Hbond substituents is 1. The van der Waals surface area contributed by atoms with Crippen LogP contribution in [0.3, 0.4) is 0 Å². The van der Waals surface area contributed by atoms with Crippen molar-refractivity contribution in [2.45, 2.75) is 38.5 Å². The zero-order chi connectivity index (χ0) is 21.8. The first kappa shape index (κ1) is 20.6. The monoisotopic (exact) mass is 419 g/mol. The van der Waals surface area contributed by atoms with Gasteiger partial charge in [-0.15, -0.1) is 0 Å². The van der Waals surface area contributed by atoms with Crippen LogP contribution < -0.4 is 10.6 Å². The molecule has 4 rings (SSSR count). The van der Waals surface area contributed by atoms with E-state index in [4.69, 9.17) is 0 Å². The van der Waals surface area contributed by atoms with Gasteiger partial charge in [0, 0.05) is 42.2 Å². The summed E-state index contributed by atoms with van der Waals surface area (Å²) in [6.45, 7) is 2.57. The zero-order valence-electron chi connectivity index (χ0n) is 17.3. The first-order valence-electron chi connectivity index (χ1n) is 10.5. The molecule has 160 valence electrons. The number of hydrogen-bond acceptors (Lipinski definition) is 5. The second kappa shape index (κ2) is 8.99. The summed E-state index contributed by atoms with van der Waals surface area (Å²) in [6.07, 6.45) is 7.09. The van der Waals surface area contributed by atoms with E-state index < -0.39 is 0 Å². The highest BCUT2D eigenvalue weighted by Gasteiger charge is 2.27. The summed E-state index contributed by atoms with van der Waals surface area (Å²) in [6, 6.07) is 9.82. The highest BCUT2D eigenvalue weighted by Crippen LogP contribution is 2.39. The van der Waals surface area contributed by atoms with E-state index in [1.165, 1.54) is 16.9 Å². The molecule has 3 aromatic rings. The Morgan fingerprint density at radius 1 is 1.23 bits per heavy atom. The number of nitrogens with one attached hydrogen (secondary N) is 2. The van der Waals surface area contributed by atoms with Crippen molar-refractivity contribution in [1.29, 1.82) is 0 Å². The molecule has 0 atom stereocenters. The normalized spacial score (nSPS) is 13.5. The molecule has 2 aromatic heterocycles. The Bertz CT molecular complexity index is 1090. The van der Waals surface area contributed by atoms with Crippen LogP contribution in [0.4, 0.5) is 10.5 Å². The van der Waals surface area contributed by atoms with Crippen LogP contribution in [0, 0.1) is 0 Å². The van der Waals surface area contributed by atoms with Crippen LogP contribution in [0.2, 0.25) is 0 Å². The number of carbonyl (C=O) groups excluding carboxylic acids is 2. The first-order valence-corrected chi connectivity index (χ1v) is 10.5. The van der Waals surface area contributed by atoms with Crippen LogP contribution in [-0.4, -0.2) is 38.4 Å². The number of hydrogen-bond donors (Lipinski definition) is 3. The molecule has 0 radical (unpaired) electrons. The molecule has 1 aliphatic carbocycles. The van der Waals surface area contributed by atoms with Gasteiger partial charge in [-0.05, 0) is 49.6 Å². The fraction of sp³-hybridized carbons (Fsp3) is 0.304. The zero-order valence-corrected chi connectivity index (χ0v) is 17.3. The molecule has 31 heavy (non-hydrogen) atoms. The van der Waals surface area contributed by atoms with Crippen LogP contribution >= 0.6 is 0 Å². The van der Waals surface area contributed by atoms with Gasteiger partial charge in [0.15, 0.2) is 0 Å². The Morgan fingerprint density at radius 2 is 2.06 bits per heavy atom. The number of benzene rings is 1. The number of pyridine rings is 1. The molecule has 0 aliphatic heterocycles. The Kier molecular flexibility index (Phi) is 5.97. The van der Waals surface area contributed by atoms with Crippen molar-refractivity contribution in [2.24, 2.45) is 0 Å². The fourth-order valence-corrected chi connectivity index (χ4v) is 3.52. The number of rotatable bonds is 6. The molecule has 1 saturated carbocycles. The van der Waals surface area contributed by atoms with E-state index >= 15 is 0 Å². The SMILES string of the molecule is CCCNC(=O)n1nc(-c2ccc(NC(=O)c3cccnc3)cc2O)cc1C1CCC1. The van der Waals surface area contributed by atoms with Crippen molar-refractivity contribution in [3.8, 4) is 17.0 Å². The molecule has 8 heteroatoms. The predicted molar refractivity (Wildman–Crippen MR) is 117 cm³/mol. The minimum Gasteiger partial charge on any atom is -0.507 e. The average molecular weight is 419 g/mol. The second-order valence-corrected chi connectivity index (χ2v) is 7.65. The minimum atomic E-state index is -0.315. The second-order valence-electron chi connectivity index (χ2n) is 7.65. The van der Waals surface area contributed by atoms with Gasteiger partial charge in [-0.1, -0.05) is 13.3 Å². The Morgan fingerprint density at radius 3 is 2.71 bits per heavy atom. The van der Waals surface area contributed by atoms with Gasteiger partial charge in [0.1, 0.15) is 5.75 Å². The van der Waals surface area contributed by atoms with Crippen molar-refractivity contribution in [2.75, 3.05) is 11.9 Å². The molecule has 0 unspecified atom stereocenters. The van der Waals surface area contributed by atoms with Crippen LogP contribution in [-0.2, 0) is 0 Å².